The van der Waals surface area contributed by atoms with Crippen LogP contribution in [0.2, 0.25) is 5.02 Å². The van der Waals surface area contributed by atoms with Crippen molar-refractivity contribution in [3.8, 4) is 5.75 Å². The van der Waals surface area contributed by atoms with E-state index in [0.29, 0.717) is 30.6 Å². The number of halogens is 2. The molecular formula is C23H23ClFN3O4S. The summed E-state index contributed by atoms with van der Waals surface area (Å²) in [7, 11) is 0. The number of benzene rings is 1. The van der Waals surface area contributed by atoms with Crippen LogP contribution in [0.1, 0.15) is 51.0 Å². The molecule has 33 heavy (non-hydrogen) atoms. The lowest BCUT2D eigenvalue weighted by atomic mass is 9.95. The number of thioether (sulfide) groups is 1. The fraction of sp³-hybridized carbons (Fsp3) is 0.435. The lowest BCUT2D eigenvalue weighted by Gasteiger charge is -2.30. The van der Waals surface area contributed by atoms with Crippen LogP contribution < -0.4 is 5.56 Å². The Balaban J connectivity index is 1.55. The molecule has 10 heteroatoms. The van der Waals surface area contributed by atoms with Crippen molar-refractivity contribution >= 4 is 35.2 Å². The summed E-state index contributed by atoms with van der Waals surface area (Å²) in [4.78, 5) is 43.2. The predicted octanol–water partition coefficient (Wildman–Crippen LogP) is 3.27. The number of aromatic hydroxyl groups is 1. The Morgan fingerprint density at radius 3 is 2.64 bits per heavy atom. The van der Waals surface area contributed by atoms with Crippen molar-refractivity contribution in [3.63, 3.8) is 0 Å². The number of rotatable bonds is 6. The van der Waals surface area contributed by atoms with Crippen molar-refractivity contribution in [3.05, 3.63) is 61.8 Å². The van der Waals surface area contributed by atoms with Gasteiger partial charge in [-0.3, -0.25) is 19.0 Å². The molecule has 2 aliphatic heterocycles. The van der Waals surface area contributed by atoms with Crippen LogP contribution in [0.3, 0.4) is 0 Å². The number of fused-ring (bicyclic) bond motifs is 3. The van der Waals surface area contributed by atoms with Gasteiger partial charge < -0.3 is 14.9 Å². The maximum Gasteiger partial charge on any atom is 0.295 e. The van der Waals surface area contributed by atoms with Crippen molar-refractivity contribution < 1.29 is 19.1 Å². The smallest absolute Gasteiger partial charge is 0.295 e. The van der Waals surface area contributed by atoms with Gasteiger partial charge in [-0.05, 0) is 49.1 Å². The van der Waals surface area contributed by atoms with E-state index in [1.54, 1.807) is 16.7 Å². The first-order valence-corrected chi connectivity index (χ1v) is 12.6. The summed E-state index contributed by atoms with van der Waals surface area (Å²) in [5, 5.41) is 10.8. The second kappa shape index (κ2) is 8.36. The lowest BCUT2D eigenvalue weighted by molar-refractivity contribution is 0.0682. The minimum absolute atomic E-state index is 0.0432. The van der Waals surface area contributed by atoms with Gasteiger partial charge in [0.1, 0.15) is 17.7 Å². The average Bonchev–Trinajstić information content (AvgIpc) is 3.58. The average molecular weight is 492 g/mol. The molecular weight excluding hydrogens is 469 g/mol. The number of nitrogens with zero attached hydrogens (tertiary/aromatic N) is 3. The molecule has 1 saturated carbocycles. The summed E-state index contributed by atoms with van der Waals surface area (Å²) < 4.78 is 14.9. The second-order valence-corrected chi connectivity index (χ2v) is 10.1. The van der Waals surface area contributed by atoms with Gasteiger partial charge in [-0.25, -0.2) is 4.39 Å². The number of aromatic nitrogens is 1. The molecule has 0 spiro atoms. The standard InChI is InChI=1S/C23H23ClFN3O4S/c1-33-9-8-27-20(13-3-4-13)28-18(22(27)31)14-6-7-26(21(30)17(14)19(29)23(28)32)11-12-2-5-16(25)15(24)10-12/h2,5,10,13,20,29H,3-4,6-9,11H2,1H3. The summed E-state index contributed by atoms with van der Waals surface area (Å²) in [6.07, 6.45) is 3.73. The Labute approximate surface area is 199 Å². The lowest BCUT2D eigenvalue weighted by Crippen LogP contribution is -2.40. The Kier molecular flexibility index (Phi) is 5.64. The zero-order valence-corrected chi connectivity index (χ0v) is 19.6. The van der Waals surface area contributed by atoms with Gasteiger partial charge in [0.05, 0.1) is 10.6 Å². The molecule has 5 rings (SSSR count). The Morgan fingerprint density at radius 1 is 1.21 bits per heavy atom. The zero-order valence-electron chi connectivity index (χ0n) is 18.0. The molecule has 1 unspecified atom stereocenters. The molecule has 1 fully saturated rings. The number of hydrogen-bond acceptors (Lipinski definition) is 5. The molecule has 174 valence electrons. The van der Waals surface area contributed by atoms with Gasteiger partial charge in [-0.15, -0.1) is 0 Å². The minimum Gasteiger partial charge on any atom is -0.502 e. The maximum atomic E-state index is 13.5. The van der Waals surface area contributed by atoms with Gasteiger partial charge in [0.2, 0.25) is 0 Å². The fourth-order valence-corrected chi connectivity index (χ4v) is 5.46. The third-order valence-electron chi connectivity index (χ3n) is 6.60. The summed E-state index contributed by atoms with van der Waals surface area (Å²) in [6, 6.07) is 4.22. The first-order chi connectivity index (χ1) is 15.8. The highest BCUT2D eigenvalue weighted by Gasteiger charge is 2.49. The van der Waals surface area contributed by atoms with E-state index in [1.807, 2.05) is 6.26 Å². The molecule has 7 nitrogen and oxygen atoms in total. The monoisotopic (exact) mass is 491 g/mol. The highest BCUT2D eigenvalue weighted by Crippen LogP contribution is 2.46. The van der Waals surface area contributed by atoms with Gasteiger partial charge in [-0.1, -0.05) is 17.7 Å². The topological polar surface area (TPSA) is 82.9 Å². The number of carbonyl (C=O) groups is 2. The van der Waals surface area contributed by atoms with Gasteiger partial charge in [0, 0.05) is 31.0 Å². The largest absolute Gasteiger partial charge is 0.502 e. The fourth-order valence-electron chi connectivity index (χ4n) is 4.88. The van der Waals surface area contributed by atoms with Crippen LogP contribution >= 0.6 is 23.4 Å². The van der Waals surface area contributed by atoms with Gasteiger partial charge in [0.25, 0.3) is 17.4 Å². The van der Waals surface area contributed by atoms with Crippen LogP contribution in [-0.2, 0) is 13.0 Å². The van der Waals surface area contributed by atoms with E-state index in [9.17, 15) is 23.9 Å². The van der Waals surface area contributed by atoms with Crippen LogP contribution in [0.15, 0.2) is 23.0 Å². The number of carbonyl (C=O) groups excluding carboxylic acids is 2. The van der Waals surface area contributed by atoms with Crippen LogP contribution in [-0.4, -0.2) is 56.4 Å². The first kappa shape index (κ1) is 22.3. The summed E-state index contributed by atoms with van der Waals surface area (Å²) in [5.41, 5.74) is 0.515. The third kappa shape index (κ3) is 3.61. The number of hydrogen-bond donors (Lipinski definition) is 1. The molecule has 0 bridgehead atoms. The molecule has 2 aromatic rings. The van der Waals surface area contributed by atoms with Crippen LogP contribution in [0.4, 0.5) is 4.39 Å². The van der Waals surface area contributed by atoms with E-state index < -0.39 is 29.2 Å². The van der Waals surface area contributed by atoms with Crippen molar-refractivity contribution in [1.82, 2.24) is 14.4 Å². The van der Waals surface area contributed by atoms with Crippen LogP contribution in [0.5, 0.6) is 5.75 Å². The Morgan fingerprint density at radius 2 is 1.97 bits per heavy atom. The Bertz CT molecular complexity index is 1230. The molecule has 1 aromatic carbocycles. The van der Waals surface area contributed by atoms with E-state index >= 15 is 0 Å². The number of amides is 2. The van der Waals surface area contributed by atoms with Gasteiger partial charge in [0.15, 0.2) is 5.75 Å². The van der Waals surface area contributed by atoms with Gasteiger partial charge >= 0.3 is 0 Å². The van der Waals surface area contributed by atoms with Crippen molar-refractivity contribution in [2.24, 2.45) is 5.92 Å². The van der Waals surface area contributed by atoms with Crippen molar-refractivity contribution in [2.75, 3.05) is 25.1 Å². The third-order valence-corrected chi connectivity index (χ3v) is 7.48. The number of pyridine rings is 1. The molecule has 1 N–H and O–H groups in total. The van der Waals surface area contributed by atoms with Crippen LogP contribution in [0, 0.1) is 11.7 Å². The molecule has 0 radical (unpaired) electrons. The zero-order chi connectivity index (χ0) is 23.4. The summed E-state index contributed by atoms with van der Waals surface area (Å²) >= 11 is 7.48. The quantitative estimate of drug-likeness (QED) is 0.670. The summed E-state index contributed by atoms with van der Waals surface area (Å²) in [6.45, 7) is 0.954. The van der Waals surface area contributed by atoms with Gasteiger partial charge in [-0.2, -0.15) is 11.8 Å². The Hall–Kier alpha value is -2.52. The van der Waals surface area contributed by atoms with E-state index in [4.69, 9.17) is 11.6 Å². The van der Waals surface area contributed by atoms with E-state index in [1.165, 1.54) is 27.7 Å². The van der Waals surface area contributed by atoms with Crippen LogP contribution in [0.25, 0.3) is 0 Å². The molecule has 1 aromatic heterocycles. The SMILES string of the molecule is CSCCN1C(=O)c2c3c(c(O)c(=O)n2C1C1CC1)C(=O)N(Cc1ccc(F)c(Cl)c1)CC3. The maximum absolute atomic E-state index is 13.5. The normalized spacial score (nSPS) is 19.8. The second-order valence-electron chi connectivity index (χ2n) is 8.69. The molecule has 3 heterocycles. The van der Waals surface area contributed by atoms with E-state index in [-0.39, 0.29) is 34.6 Å². The molecule has 3 aliphatic rings. The molecule has 0 saturated heterocycles. The molecule has 2 amide bonds. The highest BCUT2D eigenvalue weighted by atomic mass is 35.5. The van der Waals surface area contributed by atoms with Crippen molar-refractivity contribution in [1.29, 1.82) is 0 Å². The first-order valence-electron chi connectivity index (χ1n) is 10.9. The summed E-state index contributed by atoms with van der Waals surface area (Å²) in [5.74, 6) is -1.00. The van der Waals surface area contributed by atoms with E-state index in [2.05, 4.69) is 0 Å². The van der Waals surface area contributed by atoms with E-state index in [0.717, 1.165) is 18.6 Å². The van der Waals surface area contributed by atoms with Crippen molar-refractivity contribution in [2.45, 2.75) is 32.0 Å². The molecule has 1 aliphatic carbocycles. The molecule has 1 atom stereocenters. The predicted molar refractivity (Wildman–Crippen MR) is 123 cm³/mol. The highest BCUT2D eigenvalue weighted by molar-refractivity contribution is 7.98. The minimum atomic E-state index is -0.694.